The Bertz CT molecular complexity index is 668. The standard InChI is InChI=1S/C10H11N3O3S/c1-3-6-7(14)12-9(16)13(8(6)15)10-11-5(2)4-17-10/h4,15H,3H2,1-2H3,(H,12,14,16). The Morgan fingerprint density at radius 2 is 2.24 bits per heavy atom. The van der Waals surface area contributed by atoms with Crippen molar-refractivity contribution in [2.75, 3.05) is 0 Å². The summed E-state index contributed by atoms with van der Waals surface area (Å²) in [5, 5.41) is 12.0. The second kappa shape index (κ2) is 4.17. The molecule has 0 spiro atoms. The Morgan fingerprint density at radius 3 is 2.76 bits per heavy atom. The van der Waals surface area contributed by atoms with Gasteiger partial charge in [0.1, 0.15) is 0 Å². The fourth-order valence-electron chi connectivity index (χ4n) is 1.50. The normalized spacial score (nSPS) is 10.7. The second-order valence-corrected chi connectivity index (χ2v) is 4.36. The highest BCUT2D eigenvalue weighted by Crippen LogP contribution is 2.19. The number of aromatic amines is 1. The van der Waals surface area contributed by atoms with Gasteiger partial charge in [-0.2, -0.15) is 0 Å². The molecule has 0 radical (unpaired) electrons. The number of aromatic hydroxyl groups is 1. The van der Waals surface area contributed by atoms with E-state index in [9.17, 15) is 14.7 Å². The van der Waals surface area contributed by atoms with Crippen LogP contribution in [0.2, 0.25) is 0 Å². The number of nitrogens with zero attached hydrogens (tertiary/aromatic N) is 2. The minimum absolute atomic E-state index is 0.178. The number of aromatic nitrogens is 3. The zero-order chi connectivity index (χ0) is 12.6. The number of hydrogen-bond acceptors (Lipinski definition) is 5. The van der Waals surface area contributed by atoms with Crippen molar-refractivity contribution in [1.82, 2.24) is 14.5 Å². The lowest BCUT2D eigenvalue weighted by Gasteiger charge is -2.06. The predicted molar refractivity (Wildman–Crippen MR) is 64.1 cm³/mol. The van der Waals surface area contributed by atoms with E-state index in [0.717, 1.165) is 10.3 Å². The first-order chi connectivity index (χ1) is 8.04. The van der Waals surface area contributed by atoms with Crippen LogP contribution in [0.4, 0.5) is 0 Å². The largest absolute Gasteiger partial charge is 0.494 e. The fourth-order valence-corrected chi connectivity index (χ4v) is 2.30. The van der Waals surface area contributed by atoms with E-state index in [1.54, 1.807) is 19.2 Å². The Labute approximate surface area is 100 Å². The molecule has 7 heteroatoms. The van der Waals surface area contributed by atoms with E-state index >= 15 is 0 Å². The lowest BCUT2D eigenvalue weighted by Crippen LogP contribution is -2.31. The van der Waals surface area contributed by atoms with Gasteiger partial charge in [-0.25, -0.2) is 14.3 Å². The maximum Gasteiger partial charge on any atom is 0.337 e. The lowest BCUT2D eigenvalue weighted by atomic mass is 10.2. The quantitative estimate of drug-likeness (QED) is 0.818. The summed E-state index contributed by atoms with van der Waals surface area (Å²) in [6.07, 6.45) is 0.339. The number of rotatable bonds is 2. The molecule has 0 bridgehead atoms. The van der Waals surface area contributed by atoms with Crippen molar-refractivity contribution in [2.24, 2.45) is 0 Å². The van der Waals surface area contributed by atoms with Gasteiger partial charge in [0.15, 0.2) is 0 Å². The number of aryl methyl sites for hydroxylation is 1. The summed E-state index contributed by atoms with van der Waals surface area (Å²) in [6.45, 7) is 3.51. The maximum atomic E-state index is 11.7. The van der Waals surface area contributed by atoms with E-state index in [1.807, 2.05) is 0 Å². The molecule has 0 amide bonds. The van der Waals surface area contributed by atoms with Crippen LogP contribution in [0.15, 0.2) is 15.0 Å². The van der Waals surface area contributed by atoms with Crippen molar-refractivity contribution in [3.05, 3.63) is 37.5 Å². The predicted octanol–water partition coefficient (Wildman–Crippen LogP) is 0.559. The third-order valence-corrected chi connectivity index (χ3v) is 3.27. The van der Waals surface area contributed by atoms with Crippen LogP contribution >= 0.6 is 11.3 Å². The van der Waals surface area contributed by atoms with Crippen LogP contribution in [0.25, 0.3) is 5.13 Å². The van der Waals surface area contributed by atoms with E-state index in [-0.39, 0.29) is 11.4 Å². The Hall–Kier alpha value is -1.89. The molecule has 2 aromatic rings. The first-order valence-corrected chi connectivity index (χ1v) is 5.92. The van der Waals surface area contributed by atoms with Gasteiger partial charge in [0.05, 0.1) is 11.3 Å². The van der Waals surface area contributed by atoms with Crippen LogP contribution in [0, 0.1) is 6.92 Å². The smallest absolute Gasteiger partial charge is 0.337 e. The van der Waals surface area contributed by atoms with Gasteiger partial charge in [0, 0.05) is 5.38 Å². The van der Waals surface area contributed by atoms with E-state index in [1.165, 1.54) is 11.3 Å². The van der Waals surface area contributed by atoms with Gasteiger partial charge >= 0.3 is 5.69 Å². The third kappa shape index (κ3) is 1.89. The van der Waals surface area contributed by atoms with Crippen molar-refractivity contribution in [1.29, 1.82) is 0 Å². The highest BCUT2D eigenvalue weighted by atomic mass is 32.1. The summed E-state index contributed by atoms with van der Waals surface area (Å²) < 4.78 is 1.01. The highest BCUT2D eigenvalue weighted by Gasteiger charge is 2.15. The molecule has 0 fully saturated rings. The molecule has 2 aromatic heterocycles. The minimum Gasteiger partial charge on any atom is -0.494 e. The summed E-state index contributed by atoms with van der Waals surface area (Å²) in [6, 6.07) is 0. The minimum atomic E-state index is -0.681. The van der Waals surface area contributed by atoms with Gasteiger partial charge in [-0.3, -0.25) is 9.78 Å². The first-order valence-electron chi connectivity index (χ1n) is 5.04. The van der Waals surface area contributed by atoms with Gasteiger partial charge in [0.2, 0.25) is 11.0 Å². The average molecular weight is 253 g/mol. The molecular weight excluding hydrogens is 242 g/mol. The number of hydrogen-bond donors (Lipinski definition) is 2. The zero-order valence-corrected chi connectivity index (χ0v) is 10.2. The van der Waals surface area contributed by atoms with Crippen LogP contribution < -0.4 is 11.2 Å². The Morgan fingerprint density at radius 1 is 1.53 bits per heavy atom. The van der Waals surface area contributed by atoms with Crippen molar-refractivity contribution in [3.8, 4) is 11.0 Å². The van der Waals surface area contributed by atoms with Gasteiger partial charge in [-0.05, 0) is 13.3 Å². The highest BCUT2D eigenvalue weighted by molar-refractivity contribution is 7.12. The van der Waals surface area contributed by atoms with E-state index in [4.69, 9.17) is 0 Å². The van der Waals surface area contributed by atoms with Gasteiger partial charge in [0.25, 0.3) is 5.56 Å². The lowest BCUT2D eigenvalue weighted by molar-refractivity contribution is 0.423. The van der Waals surface area contributed by atoms with E-state index in [0.29, 0.717) is 11.6 Å². The van der Waals surface area contributed by atoms with Crippen molar-refractivity contribution >= 4 is 11.3 Å². The molecule has 0 aliphatic heterocycles. The molecule has 0 aromatic carbocycles. The number of thiazole rings is 1. The summed E-state index contributed by atoms with van der Waals surface area (Å²) in [7, 11) is 0. The summed E-state index contributed by atoms with van der Waals surface area (Å²) >= 11 is 1.23. The molecule has 0 saturated heterocycles. The van der Waals surface area contributed by atoms with Gasteiger partial charge in [-0.1, -0.05) is 6.92 Å². The molecular formula is C10H11N3O3S. The molecule has 2 rings (SSSR count). The SMILES string of the molecule is CCc1c(O)n(-c2nc(C)cs2)c(=O)[nH]c1=O. The fraction of sp³-hybridized carbons (Fsp3) is 0.300. The van der Waals surface area contributed by atoms with Crippen molar-refractivity contribution in [2.45, 2.75) is 20.3 Å². The van der Waals surface area contributed by atoms with Gasteiger partial charge in [-0.15, -0.1) is 11.3 Å². The van der Waals surface area contributed by atoms with Crippen LogP contribution in [-0.2, 0) is 6.42 Å². The first kappa shape index (κ1) is 11.6. The van der Waals surface area contributed by atoms with E-state index < -0.39 is 11.2 Å². The zero-order valence-electron chi connectivity index (χ0n) is 9.35. The third-order valence-electron chi connectivity index (χ3n) is 2.33. The number of H-pyrrole nitrogens is 1. The molecule has 0 atom stereocenters. The Balaban J connectivity index is 2.78. The van der Waals surface area contributed by atoms with Crippen LogP contribution in [0.1, 0.15) is 18.2 Å². The summed E-state index contributed by atoms with van der Waals surface area (Å²) in [5.74, 6) is -0.337. The maximum absolute atomic E-state index is 11.7. The monoisotopic (exact) mass is 253 g/mol. The van der Waals surface area contributed by atoms with Gasteiger partial charge < -0.3 is 5.11 Å². The molecule has 17 heavy (non-hydrogen) atoms. The second-order valence-electron chi connectivity index (χ2n) is 3.52. The summed E-state index contributed by atoms with van der Waals surface area (Å²) in [4.78, 5) is 29.4. The van der Waals surface area contributed by atoms with Crippen LogP contribution in [0.3, 0.4) is 0 Å². The average Bonchev–Trinajstić information content (AvgIpc) is 2.64. The molecule has 2 N–H and O–H groups in total. The molecule has 2 heterocycles. The molecule has 0 unspecified atom stereocenters. The van der Waals surface area contributed by atoms with E-state index in [2.05, 4.69) is 9.97 Å². The molecule has 90 valence electrons. The van der Waals surface area contributed by atoms with Crippen LogP contribution in [0.5, 0.6) is 5.88 Å². The number of nitrogens with one attached hydrogen (secondary N) is 1. The Kier molecular flexibility index (Phi) is 2.84. The molecule has 0 saturated carbocycles. The van der Waals surface area contributed by atoms with Crippen molar-refractivity contribution in [3.63, 3.8) is 0 Å². The molecule has 0 aliphatic carbocycles. The van der Waals surface area contributed by atoms with Crippen LogP contribution in [-0.4, -0.2) is 19.6 Å². The van der Waals surface area contributed by atoms with Crippen molar-refractivity contribution < 1.29 is 5.11 Å². The topological polar surface area (TPSA) is 88.0 Å². The molecule has 0 aliphatic rings. The molecule has 6 nitrogen and oxygen atoms in total. The summed E-state index contributed by atoms with van der Waals surface area (Å²) in [5.41, 5.74) is -0.309.